The zero-order valence-corrected chi connectivity index (χ0v) is 15.3. The van der Waals surface area contributed by atoms with E-state index < -0.39 is 5.91 Å². The van der Waals surface area contributed by atoms with Gasteiger partial charge in [-0.15, -0.1) is 6.58 Å². The van der Waals surface area contributed by atoms with Gasteiger partial charge in [0.15, 0.2) is 11.5 Å². The van der Waals surface area contributed by atoms with Gasteiger partial charge in [0.2, 0.25) is 0 Å². The highest BCUT2D eigenvalue weighted by Crippen LogP contribution is 2.31. The molecule has 142 valence electrons. The minimum Gasteiger partial charge on any atom is -0.507 e. The van der Waals surface area contributed by atoms with E-state index in [1.165, 1.54) is 13.3 Å². The highest BCUT2D eigenvalue weighted by atomic mass is 16.5. The SMILES string of the molecule is C=CCc1cc(/C=N/NC(=O)c2cc3ccccc3cc2O)cc(OC)c1O. The summed E-state index contributed by atoms with van der Waals surface area (Å²) in [7, 11) is 1.46. The summed E-state index contributed by atoms with van der Waals surface area (Å²) in [4.78, 5) is 12.4. The number of ether oxygens (including phenoxy) is 1. The van der Waals surface area contributed by atoms with E-state index in [0.717, 1.165) is 10.8 Å². The number of rotatable bonds is 6. The quantitative estimate of drug-likeness (QED) is 0.347. The van der Waals surface area contributed by atoms with Crippen molar-refractivity contribution < 1.29 is 19.7 Å². The number of hydrazone groups is 1. The molecular weight excluding hydrogens is 356 g/mol. The Morgan fingerprint density at radius 2 is 1.89 bits per heavy atom. The number of carbonyl (C=O) groups is 1. The van der Waals surface area contributed by atoms with Crippen LogP contribution in [0, 0.1) is 0 Å². The van der Waals surface area contributed by atoms with Gasteiger partial charge in [0, 0.05) is 5.56 Å². The van der Waals surface area contributed by atoms with E-state index >= 15 is 0 Å². The topological polar surface area (TPSA) is 91.2 Å². The molecule has 3 N–H and O–H groups in total. The molecule has 0 aromatic heterocycles. The highest BCUT2D eigenvalue weighted by Gasteiger charge is 2.12. The minimum atomic E-state index is -0.531. The second-order valence-corrected chi connectivity index (χ2v) is 6.14. The number of phenols is 2. The number of phenolic OH excluding ortho intramolecular Hbond substituents is 2. The number of allylic oxidation sites excluding steroid dienone is 1. The molecule has 0 spiro atoms. The molecule has 0 aliphatic heterocycles. The predicted molar refractivity (Wildman–Crippen MR) is 109 cm³/mol. The maximum absolute atomic E-state index is 12.4. The molecule has 0 unspecified atom stereocenters. The average molecular weight is 376 g/mol. The van der Waals surface area contributed by atoms with E-state index in [-0.39, 0.29) is 17.1 Å². The second-order valence-electron chi connectivity index (χ2n) is 6.14. The van der Waals surface area contributed by atoms with Crippen molar-refractivity contribution in [2.45, 2.75) is 6.42 Å². The number of nitrogens with one attached hydrogen (secondary N) is 1. The molecule has 0 saturated heterocycles. The molecule has 0 aliphatic carbocycles. The average Bonchev–Trinajstić information content (AvgIpc) is 2.69. The summed E-state index contributed by atoms with van der Waals surface area (Å²) in [6, 6.07) is 13.9. The van der Waals surface area contributed by atoms with Gasteiger partial charge in [0.05, 0.1) is 18.9 Å². The molecular formula is C22H20N2O4. The summed E-state index contributed by atoms with van der Waals surface area (Å²) >= 11 is 0. The number of nitrogens with zero attached hydrogens (tertiary/aromatic N) is 1. The van der Waals surface area contributed by atoms with Crippen molar-refractivity contribution in [3.8, 4) is 17.2 Å². The van der Waals surface area contributed by atoms with Gasteiger partial charge < -0.3 is 14.9 Å². The van der Waals surface area contributed by atoms with Crippen molar-refractivity contribution in [2.75, 3.05) is 7.11 Å². The normalized spacial score (nSPS) is 10.9. The van der Waals surface area contributed by atoms with Crippen molar-refractivity contribution in [2.24, 2.45) is 5.10 Å². The van der Waals surface area contributed by atoms with Gasteiger partial charge in [0.1, 0.15) is 5.75 Å². The first-order chi connectivity index (χ1) is 13.5. The van der Waals surface area contributed by atoms with Crippen LogP contribution < -0.4 is 10.2 Å². The maximum Gasteiger partial charge on any atom is 0.275 e. The van der Waals surface area contributed by atoms with Crippen LogP contribution in [0.25, 0.3) is 10.8 Å². The van der Waals surface area contributed by atoms with Crippen LogP contribution in [-0.4, -0.2) is 29.4 Å². The number of fused-ring (bicyclic) bond motifs is 1. The summed E-state index contributed by atoms with van der Waals surface area (Å²) in [5.41, 5.74) is 3.80. The molecule has 0 heterocycles. The van der Waals surface area contributed by atoms with Gasteiger partial charge in [-0.3, -0.25) is 4.79 Å². The lowest BCUT2D eigenvalue weighted by atomic mass is 10.1. The van der Waals surface area contributed by atoms with E-state index in [4.69, 9.17) is 4.74 Å². The maximum atomic E-state index is 12.4. The number of methoxy groups -OCH3 is 1. The standard InChI is InChI=1S/C22H20N2O4/c1-3-6-17-9-14(10-20(28-2)21(17)26)13-23-24-22(27)18-11-15-7-4-5-8-16(15)12-19(18)25/h3-5,7-13,25-26H,1,6H2,2H3,(H,24,27)/b23-13+. The van der Waals surface area contributed by atoms with E-state index in [0.29, 0.717) is 23.3 Å². The van der Waals surface area contributed by atoms with Gasteiger partial charge in [0.25, 0.3) is 5.91 Å². The minimum absolute atomic E-state index is 0.0460. The van der Waals surface area contributed by atoms with Crippen LogP contribution in [0.3, 0.4) is 0 Å². The number of aromatic hydroxyl groups is 2. The third-order valence-electron chi connectivity index (χ3n) is 4.25. The highest BCUT2D eigenvalue weighted by molar-refractivity contribution is 6.01. The Labute approximate surface area is 162 Å². The monoisotopic (exact) mass is 376 g/mol. The van der Waals surface area contributed by atoms with Crippen LogP contribution in [0.1, 0.15) is 21.5 Å². The lowest BCUT2D eigenvalue weighted by Crippen LogP contribution is -2.17. The molecule has 3 aromatic rings. The lowest BCUT2D eigenvalue weighted by Gasteiger charge is -2.09. The first-order valence-corrected chi connectivity index (χ1v) is 8.59. The van der Waals surface area contributed by atoms with E-state index in [2.05, 4.69) is 17.1 Å². The Kier molecular flexibility index (Phi) is 5.60. The molecule has 3 rings (SSSR count). The van der Waals surface area contributed by atoms with Crippen molar-refractivity contribution in [3.05, 3.63) is 77.9 Å². The molecule has 1 amide bonds. The Morgan fingerprint density at radius 3 is 2.57 bits per heavy atom. The van der Waals surface area contributed by atoms with Crippen molar-refractivity contribution in [1.82, 2.24) is 5.43 Å². The first-order valence-electron chi connectivity index (χ1n) is 8.59. The predicted octanol–water partition coefficient (Wildman–Crippen LogP) is 3.75. The van der Waals surface area contributed by atoms with Crippen LogP contribution in [0.15, 0.2) is 66.3 Å². The second kappa shape index (κ2) is 8.26. The summed E-state index contributed by atoms with van der Waals surface area (Å²) in [5.74, 6) is -0.300. The van der Waals surface area contributed by atoms with Crippen LogP contribution in [0.2, 0.25) is 0 Å². The zero-order valence-electron chi connectivity index (χ0n) is 15.3. The van der Waals surface area contributed by atoms with Crippen LogP contribution in [0.5, 0.6) is 17.2 Å². The molecule has 28 heavy (non-hydrogen) atoms. The third-order valence-corrected chi connectivity index (χ3v) is 4.25. The Morgan fingerprint density at radius 1 is 1.18 bits per heavy atom. The lowest BCUT2D eigenvalue weighted by molar-refractivity contribution is 0.0952. The molecule has 0 fully saturated rings. The van der Waals surface area contributed by atoms with Crippen LogP contribution in [0.4, 0.5) is 0 Å². The Bertz CT molecular complexity index is 1070. The van der Waals surface area contributed by atoms with Gasteiger partial charge in [-0.25, -0.2) is 5.43 Å². The summed E-state index contributed by atoms with van der Waals surface area (Å²) in [6.45, 7) is 3.66. The largest absolute Gasteiger partial charge is 0.507 e. The summed E-state index contributed by atoms with van der Waals surface area (Å²) < 4.78 is 5.16. The molecule has 0 bridgehead atoms. The molecule has 0 saturated carbocycles. The number of benzene rings is 3. The van der Waals surface area contributed by atoms with Crippen molar-refractivity contribution >= 4 is 22.9 Å². The van der Waals surface area contributed by atoms with Gasteiger partial charge in [-0.2, -0.15) is 5.10 Å². The molecule has 0 aliphatic rings. The summed E-state index contributed by atoms with van der Waals surface area (Å²) in [5, 5.41) is 25.9. The fourth-order valence-corrected chi connectivity index (χ4v) is 2.87. The van der Waals surface area contributed by atoms with Crippen molar-refractivity contribution in [3.63, 3.8) is 0 Å². The molecule has 0 radical (unpaired) electrons. The fourth-order valence-electron chi connectivity index (χ4n) is 2.87. The smallest absolute Gasteiger partial charge is 0.275 e. The number of amides is 1. The van der Waals surface area contributed by atoms with Crippen molar-refractivity contribution in [1.29, 1.82) is 0 Å². The van der Waals surface area contributed by atoms with E-state index in [1.807, 2.05) is 24.3 Å². The molecule has 0 atom stereocenters. The van der Waals surface area contributed by atoms with E-state index in [9.17, 15) is 15.0 Å². The Balaban J connectivity index is 1.81. The van der Waals surface area contributed by atoms with Crippen LogP contribution in [-0.2, 0) is 6.42 Å². The van der Waals surface area contributed by atoms with Gasteiger partial charge in [-0.05, 0) is 47.0 Å². The summed E-state index contributed by atoms with van der Waals surface area (Å²) in [6.07, 6.45) is 3.56. The van der Waals surface area contributed by atoms with Crippen LogP contribution >= 0.6 is 0 Å². The number of carbonyl (C=O) groups excluding carboxylic acids is 1. The molecule has 6 heteroatoms. The number of hydrogen-bond donors (Lipinski definition) is 3. The number of hydrogen-bond acceptors (Lipinski definition) is 5. The molecule has 6 nitrogen and oxygen atoms in total. The van der Waals surface area contributed by atoms with Gasteiger partial charge in [-0.1, -0.05) is 30.3 Å². The molecule has 3 aromatic carbocycles. The Hall–Kier alpha value is -3.80. The van der Waals surface area contributed by atoms with E-state index in [1.54, 1.807) is 30.3 Å². The third kappa shape index (κ3) is 3.96. The zero-order chi connectivity index (χ0) is 20.1. The van der Waals surface area contributed by atoms with Gasteiger partial charge >= 0.3 is 0 Å². The first kappa shape index (κ1) is 19.0. The fraction of sp³-hybridized carbons (Fsp3) is 0.0909.